The van der Waals surface area contributed by atoms with E-state index >= 15 is 0 Å². The topological polar surface area (TPSA) is 182 Å². The number of hydrogen-bond donors (Lipinski definition) is 3. The third-order valence-electron chi connectivity index (χ3n) is 8.59. The van der Waals surface area contributed by atoms with Crippen molar-refractivity contribution in [1.82, 2.24) is 30.2 Å². The summed E-state index contributed by atoms with van der Waals surface area (Å²) < 4.78 is 41.2. The maximum atomic E-state index is 13.4. The van der Waals surface area contributed by atoms with Gasteiger partial charge in [0.05, 0.1) is 28.0 Å². The molecule has 2 aromatic carbocycles. The number of sulfonamides is 1. The summed E-state index contributed by atoms with van der Waals surface area (Å²) in [6, 6.07) is 12.5. The molecule has 1 fully saturated rings. The number of oxazole rings is 1. The van der Waals surface area contributed by atoms with Gasteiger partial charge in [-0.05, 0) is 67.9 Å². The predicted molar refractivity (Wildman–Crippen MR) is 183 cm³/mol. The van der Waals surface area contributed by atoms with Crippen LogP contribution in [0.2, 0.25) is 0 Å². The highest BCUT2D eigenvalue weighted by Gasteiger charge is 2.39. The number of anilines is 1. The Kier molecular flexibility index (Phi) is 9.36. The minimum Gasteiger partial charge on any atom is -0.478 e. The first kappa shape index (κ1) is 33.9. The van der Waals surface area contributed by atoms with Crippen molar-refractivity contribution in [1.29, 1.82) is 0 Å². The van der Waals surface area contributed by atoms with E-state index in [4.69, 9.17) is 9.15 Å². The van der Waals surface area contributed by atoms with E-state index < -0.39 is 16.0 Å². The van der Waals surface area contributed by atoms with Crippen molar-refractivity contribution < 1.29 is 27.5 Å². The normalized spacial score (nSPS) is 14.6. The number of nitrogens with one attached hydrogen (secondary N) is 2. The summed E-state index contributed by atoms with van der Waals surface area (Å²) in [5, 5.41) is 12.9. The highest BCUT2D eigenvalue weighted by Crippen LogP contribution is 2.49. The van der Waals surface area contributed by atoms with Gasteiger partial charge < -0.3 is 19.6 Å². The van der Waals surface area contributed by atoms with Crippen molar-refractivity contribution in [2.24, 2.45) is 5.41 Å². The third kappa shape index (κ3) is 8.03. The molecule has 6 rings (SSSR count). The lowest BCUT2D eigenvalue weighted by atomic mass is 9.99. The number of carboxylic acid groups (broad SMARTS) is 1. The van der Waals surface area contributed by atoms with Crippen molar-refractivity contribution in [2.75, 3.05) is 11.3 Å². The first-order valence-corrected chi connectivity index (χ1v) is 17.6. The van der Waals surface area contributed by atoms with E-state index in [1.807, 2.05) is 45.9 Å². The number of benzene rings is 2. The van der Waals surface area contributed by atoms with Crippen LogP contribution in [0.15, 0.2) is 64.0 Å². The number of ether oxygens (including phenoxy) is 1. The molecule has 3 aromatic heterocycles. The lowest BCUT2D eigenvalue weighted by Gasteiger charge is -2.22. The van der Waals surface area contributed by atoms with E-state index in [0.717, 1.165) is 42.0 Å². The van der Waals surface area contributed by atoms with E-state index in [2.05, 4.69) is 41.9 Å². The Labute approximate surface area is 284 Å². The van der Waals surface area contributed by atoms with Crippen LogP contribution in [0.5, 0.6) is 5.88 Å². The number of nitrogens with zero attached hydrogens (tertiary/aromatic N) is 5. The molecule has 49 heavy (non-hydrogen) atoms. The van der Waals surface area contributed by atoms with Gasteiger partial charge in [0.1, 0.15) is 6.61 Å². The second kappa shape index (κ2) is 13.5. The van der Waals surface area contributed by atoms with Gasteiger partial charge in [-0.2, -0.15) is 9.97 Å². The van der Waals surface area contributed by atoms with Crippen LogP contribution in [0, 0.1) is 19.3 Å². The molecule has 1 atom stereocenters. The van der Waals surface area contributed by atoms with Crippen LogP contribution < -0.4 is 14.8 Å². The zero-order valence-electron chi connectivity index (χ0n) is 28.0. The molecule has 3 heterocycles. The summed E-state index contributed by atoms with van der Waals surface area (Å²) in [6.45, 7) is 10.8. The number of hydrogen-bond acceptors (Lipinski definition) is 11. The summed E-state index contributed by atoms with van der Waals surface area (Å²) in [5.74, 6) is -0.549. The van der Waals surface area contributed by atoms with Crippen molar-refractivity contribution in [3.05, 3.63) is 83.0 Å². The van der Waals surface area contributed by atoms with Gasteiger partial charge in [0.2, 0.25) is 23.4 Å². The average molecular weight is 686 g/mol. The van der Waals surface area contributed by atoms with Gasteiger partial charge in [0.25, 0.3) is 15.7 Å². The van der Waals surface area contributed by atoms with Gasteiger partial charge in [-0.25, -0.2) is 32.9 Å². The molecule has 1 unspecified atom stereocenters. The Hall–Kier alpha value is -4.95. The molecular weight excluding hydrogens is 646 g/mol. The molecule has 0 saturated heterocycles. The molecule has 13 nitrogen and oxygen atoms in total. The number of aromatic nitrogens is 5. The summed E-state index contributed by atoms with van der Waals surface area (Å²) in [5.41, 5.74) is 4.81. The van der Waals surface area contributed by atoms with Crippen LogP contribution in [-0.2, 0) is 16.6 Å². The summed E-state index contributed by atoms with van der Waals surface area (Å²) >= 11 is 0. The fourth-order valence-corrected chi connectivity index (χ4v) is 6.60. The van der Waals surface area contributed by atoms with Gasteiger partial charge >= 0.3 is 5.97 Å². The smallest absolute Gasteiger partial charge is 0.335 e. The van der Waals surface area contributed by atoms with Crippen LogP contribution in [-0.4, -0.2) is 57.1 Å². The molecule has 5 aromatic rings. The number of carboxylic acids is 1. The molecule has 0 amide bonds. The molecule has 14 heteroatoms. The van der Waals surface area contributed by atoms with Crippen molar-refractivity contribution >= 4 is 33.3 Å². The maximum Gasteiger partial charge on any atom is 0.335 e. The molecule has 0 spiro atoms. The highest BCUT2D eigenvalue weighted by molar-refractivity contribution is 7.92. The minimum atomic E-state index is -4.24. The molecule has 0 radical (unpaired) electrons. The fraction of sp³-hybridized carbons (Fsp3) is 0.371. The van der Waals surface area contributed by atoms with E-state index in [1.54, 1.807) is 12.3 Å². The first-order valence-electron chi connectivity index (χ1n) is 16.1. The maximum absolute atomic E-state index is 13.4. The van der Waals surface area contributed by atoms with Gasteiger partial charge in [-0.1, -0.05) is 45.0 Å². The van der Waals surface area contributed by atoms with Crippen LogP contribution >= 0.6 is 0 Å². The Bertz CT molecular complexity index is 2110. The SMILES string of the molecule is Cc1cccc(C)c1-c1cc(OCC(CC2(C)CC2)NCc2cnc3oc(C(C)C)nc3n2)nc(NS(=O)(=O)c2cccc(C(=O)O)c2)n1. The molecule has 0 bridgehead atoms. The lowest BCUT2D eigenvalue weighted by Crippen LogP contribution is -2.36. The van der Waals surface area contributed by atoms with Gasteiger partial charge in [-0.15, -0.1) is 0 Å². The second-order valence-electron chi connectivity index (χ2n) is 13.2. The number of aryl methyl sites for hydroxylation is 2. The molecule has 1 aliphatic carbocycles. The van der Waals surface area contributed by atoms with E-state index in [-0.39, 0.29) is 46.3 Å². The number of aromatic carboxylic acids is 1. The second-order valence-corrected chi connectivity index (χ2v) is 14.9. The zero-order chi connectivity index (χ0) is 34.9. The lowest BCUT2D eigenvalue weighted by molar-refractivity contribution is 0.0696. The standard InChI is InChI=1S/C35H39N7O6S/c1-20(2)31-41-30-32(48-31)37-18-25(38-30)17-36-24(16-35(5)12-13-35)19-47-28-15-27(29-21(3)8-6-9-22(29)4)39-34(40-28)42-49(45,46)26-11-7-10-23(14-26)33(43)44/h6-11,14-15,18,20,24,36H,12-13,16-17,19H2,1-5H3,(H,43,44)(H,39,40,42). The molecular formula is C35H39N7O6S. The van der Waals surface area contributed by atoms with E-state index in [1.165, 1.54) is 18.2 Å². The van der Waals surface area contributed by atoms with Gasteiger partial charge in [0.15, 0.2) is 0 Å². The summed E-state index contributed by atoms with van der Waals surface area (Å²) in [4.78, 5) is 33.8. The highest BCUT2D eigenvalue weighted by atomic mass is 32.2. The first-order chi connectivity index (χ1) is 23.3. The van der Waals surface area contributed by atoms with Crippen LogP contribution in [0.1, 0.15) is 79.0 Å². The van der Waals surface area contributed by atoms with E-state index in [9.17, 15) is 18.3 Å². The molecule has 3 N–H and O–H groups in total. The Balaban J connectivity index is 1.26. The Morgan fingerprint density at radius 2 is 1.78 bits per heavy atom. The molecule has 0 aliphatic heterocycles. The summed E-state index contributed by atoms with van der Waals surface area (Å²) in [6.07, 6.45) is 4.76. The fourth-order valence-electron chi connectivity index (χ4n) is 5.61. The predicted octanol–water partition coefficient (Wildman–Crippen LogP) is 6.04. The quantitative estimate of drug-likeness (QED) is 0.123. The Morgan fingerprint density at radius 3 is 2.47 bits per heavy atom. The number of rotatable bonds is 14. The van der Waals surface area contributed by atoms with Gasteiger partial charge in [0, 0.05) is 30.1 Å². The summed E-state index contributed by atoms with van der Waals surface area (Å²) in [7, 11) is -4.24. The van der Waals surface area contributed by atoms with Gasteiger partial charge in [-0.3, -0.25) is 0 Å². The monoisotopic (exact) mass is 685 g/mol. The molecule has 1 saturated carbocycles. The van der Waals surface area contributed by atoms with Crippen molar-refractivity contribution in [3.8, 4) is 17.1 Å². The zero-order valence-corrected chi connectivity index (χ0v) is 28.8. The number of carbonyl (C=O) groups is 1. The minimum absolute atomic E-state index is 0.0916. The van der Waals surface area contributed by atoms with Crippen molar-refractivity contribution in [3.63, 3.8) is 0 Å². The molecule has 256 valence electrons. The van der Waals surface area contributed by atoms with Crippen LogP contribution in [0.25, 0.3) is 22.6 Å². The largest absolute Gasteiger partial charge is 0.478 e. The van der Waals surface area contributed by atoms with Crippen molar-refractivity contribution in [2.45, 2.75) is 77.3 Å². The Morgan fingerprint density at radius 1 is 1.04 bits per heavy atom. The van der Waals surface area contributed by atoms with Crippen LogP contribution in [0.4, 0.5) is 5.95 Å². The molecule has 1 aliphatic rings. The number of fused-ring (bicyclic) bond motifs is 1. The third-order valence-corrected chi connectivity index (χ3v) is 9.91. The van der Waals surface area contributed by atoms with Crippen LogP contribution in [0.3, 0.4) is 0 Å². The average Bonchev–Trinajstić information content (AvgIpc) is 3.61. The van der Waals surface area contributed by atoms with E-state index in [0.29, 0.717) is 35.2 Å².